The summed E-state index contributed by atoms with van der Waals surface area (Å²) in [7, 11) is 0. The first-order valence-electron chi connectivity index (χ1n) is 9.48. The van der Waals surface area contributed by atoms with E-state index in [4.69, 9.17) is 22.2 Å². The highest BCUT2D eigenvalue weighted by Gasteiger charge is 2.39. The molecule has 28 heavy (non-hydrogen) atoms. The molecule has 3 saturated heterocycles. The van der Waals surface area contributed by atoms with Crippen LogP contribution in [0, 0.1) is 9.49 Å². The van der Waals surface area contributed by atoms with Gasteiger partial charge in [0.25, 0.3) is 5.91 Å². The molecule has 0 saturated carbocycles. The molecule has 2 bridgehead atoms. The molecule has 5 nitrogen and oxygen atoms in total. The van der Waals surface area contributed by atoms with Gasteiger partial charge in [0.1, 0.15) is 12.4 Å². The molecule has 2 aromatic rings. The molecule has 0 aliphatic carbocycles. The molecule has 3 heterocycles. The number of nitrogens with two attached hydrogens (primary N) is 1. The van der Waals surface area contributed by atoms with E-state index < -0.39 is 0 Å². The lowest BCUT2D eigenvalue weighted by molar-refractivity contribution is 0.00690. The number of hydrazine groups is 1. The van der Waals surface area contributed by atoms with Crippen molar-refractivity contribution in [2.45, 2.75) is 25.5 Å². The van der Waals surface area contributed by atoms with Gasteiger partial charge in [-0.15, -0.1) is 0 Å². The van der Waals surface area contributed by atoms with Gasteiger partial charge in [-0.3, -0.25) is 9.80 Å². The lowest BCUT2D eigenvalue weighted by atomic mass is 9.83. The van der Waals surface area contributed by atoms with E-state index in [1.54, 1.807) is 18.2 Å². The Morgan fingerprint density at radius 1 is 1.25 bits per heavy atom. The molecule has 1 amide bonds. The van der Waals surface area contributed by atoms with E-state index in [-0.39, 0.29) is 11.9 Å². The molecule has 0 aromatic heterocycles. The quantitative estimate of drug-likeness (QED) is 0.286. The zero-order valence-electron chi connectivity index (χ0n) is 15.5. The van der Waals surface area contributed by atoms with E-state index in [0.717, 1.165) is 41.6 Å². The first-order chi connectivity index (χ1) is 13.5. The van der Waals surface area contributed by atoms with Crippen molar-refractivity contribution in [3.05, 3.63) is 62.2 Å². The summed E-state index contributed by atoms with van der Waals surface area (Å²) in [6.45, 7) is 3.42. The van der Waals surface area contributed by atoms with Crippen molar-refractivity contribution in [2.24, 2.45) is 11.8 Å². The molecule has 0 spiro atoms. The van der Waals surface area contributed by atoms with Crippen molar-refractivity contribution in [2.75, 3.05) is 19.6 Å². The first kappa shape index (κ1) is 19.9. The number of fused-ring (bicyclic) bond motifs is 3. The van der Waals surface area contributed by atoms with Crippen molar-refractivity contribution in [3.63, 3.8) is 0 Å². The van der Waals surface area contributed by atoms with Crippen LogP contribution in [0.25, 0.3) is 0 Å². The normalized spacial score (nSPS) is 23.5. The SMILES string of the molecule is NN(C(=O)c1cc(Cl)ccc1OCc1cccc(I)c1)[C@@H]1CN2CCC1CC2. The maximum absolute atomic E-state index is 13.2. The van der Waals surface area contributed by atoms with Gasteiger partial charge in [0, 0.05) is 15.1 Å². The second kappa shape index (κ2) is 8.57. The van der Waals surface area contributed by atoms with Crippen LogP contribution >= 0.6 is 34.2 Å². The number of nitrogens with zero attached hydrogens (tertiary/aromatic N) is 2. The Bertz CT molecular complexity index is 870. The summed E-state index contributed by atoms with van der Waals surface area (Å²) in [6, 6.07) is 13.2. The molecule has 3 aliphatic rings. The second-order valence-corrected chi connectivity index (χ2v) is 9.16. The molecule has 148 valence electrons. The molecule has 3 fully saturated rings. The molecule has 1 atom stereocenters. The average Bonchev–Trinajstić information content (AvgIpc) is 2.72. The highest BCUT2D eigenvalue weighted by atomic mass is 127. The van der Waals surface area contributed by atoms with Crippen LogP contribution in [0.1, 0.15) is 28.8 Å². The van der Waals surface area contributed by atoms with Crippen molar-refractivity contribution in [3.8, 4) is 5.75 Å². The fourth-order valence-electron chi connectivity index (χ4n) is 4.12. The number of piperidine rings is 3. The topological polar surface area (TPSA) is 58.8 Å². The second-order valence-electron chi connectivity index (χ2n) is 7.48. The molecular formula is C21H23ClIN3O2. The maximum atomic E-state index is 13.2. The third-order valence-electron chi connectivity index (χ3n) is 5.67. The van der Waals surface area contributed by atoms with Gasteiger partial charge in [-0.25, -0.2) is 5.84 Å². The van der Waals surface area contributed by atoms with Crippen LogP contribution in [0.4, 0.5) is 0 Å². The Labute approximate surface area is 183 Å². The number of carbonyl (C=O) groups excluding carboxylic acids is 1. The third kappa shape index (κ3) is 4.30. The maximum Gasteiger partial charge on any atom is 0.271 e. The largest absolute Gasteiger partial charge is 0.488 e. The number of rotatable bonds is 5. The van der Waals surface area contributed by atoms with E-state index in [2.05, 4.69) is 33.6 Å². The number of ether oxygens (including phenoxy) is 1. The van der Waals surface area contributed by atoms with Crippen LogP contribution in [0.15, 0.2) is 42.5 Å². The fourth-order valence-corrected chi connectivity index (χ4v) is 4.90. The molecule has 5 rings (SSSR count). The summed E-state index contributed by atoms with van der Waals surface area (Å²) in [5, 5.41) is 1.90. The Kier molecular flexibility index (Phi) is 6.10. The summed E-state index contributed by atoms with van der Waals surface area (Å²) in [6.07, 6.45) is 2.19. The van der Waals surface area contributed by atoms with Crippen molar-refractivity contribution in [1.29, 1.82) is 0 Å². The van der Waals surface area contributed by atoms with Gasteiger partial charge in [0.2, 0.25) is 0 Å². The van der Waals surface area contributed by atoms with Crippen LogP contribution in [-0.4, -0.2) is 41.5 Å². The fraction of sp³-hybridized carbons (Fsp3) is 0.381. The molecule has 3 aliphatic heterocycles. The summed E-state index contributed by atoms with van der Waals surface area (Å²) in [5.41, 5.74) is 1.46. The summed E-state index contributed by atoms with van der Waals surface area (Å²) < 4.78 is 7.12. The Balaban J connectivity index is 1.53. The predicted octanol–water partition coefficient (Wildman–Crippen LogP) is 3.93. The minimum Gasteiger partial charge on any atom is -0.488 e. The Morgan fingerprint density at radius 3 is 2.71 bits per heavy atom. The molecule has 2 N–H and O–H groups in total. The molecule has 2 aromatic carbocycles. The molecular weight excluding hydrogens is 489 g/mol. The van der Waals surface area contributed by atoms with E-state index in [9.17, 15) is 4.79 Å². The van der Waals surface area contributed by atoms with Crippen molar-refractivity contribution >= 4 is 40.1 Å². The average molecular weight is 512 g/mol. The smallest absolute Gasteiger partial charge is 0.271 e. The summed E-state index contributed by atoms with van der Waals surface area (Å²) >= 11 is 8.45. The molecule has 7 heteroatoms. The van der Waals surface area contributed by atoms with Gasteiger partial charge >= 0.3 is 0 Å². The zero-order valence-corrected chi connectivity index (χ0v) is 18.4. The van der Waals surface area contributed by atoms with Crippen LogP contribution in [0.2, 0.25) is 5.02 Å². The van der Waals surface area contributed by atoms with Crippen LogP contribution < -0.4 is 10.6 Å². The number of hydrogen-bond acceptors (Lipinski definition) is 4. The van der Waals surface area contributed by atoms with E-state index >= 15 is 0 Å². The highest BCUT2D eigenvalue weighted by Crippen LogP contribution is 2.32. The number of carbonyl (C=O) groups is 1. The lowest BCUT2D eigenvalue weighted by Crippen LogP contribution is -2.60. The number of benzene rings is 2. The highest BCUT2D eigenvalue weighted by molar-refractivity contribution is 14.1. The van der Waals surface area contributed by atoms with E-state index in [0.29, 0.717) is 28.9 Å². The Hall–Kier alpha value is -1.35. The van der Waals surface area contributed by atoms with E-state index in [1.165, 1.54) is 5.01 Å². The van der Waals surface area contributed by atoms with Crippen molar-refractivity contribution < 1.29 is 9.53 Å². The number of halogens is 2. The predicted molar refractivity (Wildman–Crippen MR) is 118 cm³/mol. The summed E-state index contributed by atoms with van der Waals surface area (Å²) in [4.78, 5) is 15.6. The van der Waals surface area contributed by atoms with Crippen molar-refractivity contribution in [1.82, 2.24) is 9.91 Å². The molecule has 0 unspecified atom stereocenters. The minimum atomic E-state index is -0.237. The van der Waals surface area contributed by atoms with Gasteiger partial charge in [0.15, 0.2) is 0 Å². The van der Waals surface area contributed by atoms with Crippen LogP contribution in [0.5, 0.6) is 5.75 Å². The van der Waals surface area contributed by atoms with Gasteiger partial charge in [0.05, 0.1) is 11.6 Å². The third-order valence-corrected chi connectivity index (χ3v) is 6.57. The van der Waals surface area contributed by atoms with Crippen LogP contribution in [0.3, 0.4) is 0 Å². The summed E-state index contributed by atoms with van der Waals surface area (Å²) in [5.74, 6) is 7.05. The van der Waals surface area contributed by atoms with Gasteiger partial charge in [-0.05, 0) is 90.3 Å². The van der Waals surface area contributed by atoms with Gasteiger partial charge < -0.3 is 9.64 Å². The monoisotopic (exact) mass is 511 g/mol. The number of hydrogen-bond donors (Lipinski definition) is 1. The lowest BCUT2D eigenvalue weighted by Gasteiger charge is -2.47. The zero-order chi connectivity index (χ0) is 19.7. The van der Waals surface area contributed by atoms with Crippen LogP contribution in [-0.2, 0) is 6.61 Å². The van der Waals surface area contributed by atoms with E-state index in [1.807, 2.05) is 18.2 Å². The first-order valence-corrected chi connectivity index (χ1v) is 10.9. The van der Waals surface area contributed by atoms with Gasteiger partial charge in [-0.1, -0.05) is 23.7 Å². The Morgan fingerprint density at radius 2 is 2.04 bits per heavy atom. The molecule has 0 radical (unpaired) electrons. The standard InChI is InChI=1S/C21H23ClIN3O2/c22-16-4-5-20(28-13-14-2-1-3-17(23)10-14)18(11-16)21(27)26(24)19-12-25-8-6-15(19)7-9-25/h1-5,10-11,15,19H,6-9,12-13,24H2/t19-/m1/s1. The van der Waals surface area contributed by atoms with Gasteiger partial charge in [-0.2, -0.15) is 0 Å². The minimum absolute atomic E-state index is 0.0394. The number of amides is 1.